The monoisotopic (exact) mass is 472 g/mol. The van der Waals surface area contributed by atoms with Crippen molar-refractivity contribution in [1.82, 2.24) is 15.5 Å². The molecule has 1 heterocycles. The maximum atomic E-state index is 13.2. The lowest BCUT2D eigenvalue weighted by Gasteiger charge is -2.30. The van der Waals surface area contributed by atoms with Crippen molar-refractivity contribution >= 4 is 35.6 Å². The van der Waals surface area contributed by atoms with Crippen LogP contribution in [0.25, 0.3) is 0 Å². The molecular weight excluding hydrogens is 440 g/mol. The van der Waals surface area contributed by atoms with Crippen LogP contribution in [0.4, 0.5) is 0 Å². The van der Waals surface area contributed by atoms with Crippen LogP contribution >= 0.6 is 0 Å². The largest absolute Gasteiger partial charge is 0.481 e. The first kappa shape index (κ1) is 27.8. The molecule has 1 aliphatic heterocycles. The summed E-state index contributed by atoms with van der Waals surface area (Å²) in [4.78, 5) is 72.3. The minimum absolute atomic E-state index is 0.0173. The molecule has 1 fully saturated rings. The Balaban J connectivity index is 2.93. The topological polar surface area (TPSA) is 216 Å². The van der Waals surface area contributed by atoms with E-state index >= 15 is 0 Å². The van der Waals surface area contributed by atoms with E-state index in [1.165, 1.54) is 4.90 Å². The number of rotatable bonds is 13. The minimum Gasteiger partial charge on any atom is -0.481 e. The molecule has 0 radical (unpaired) electrons. The first-order valence-corrected chi connectivity index (χ1v) is 10.7. The Bertz CT molecular complexity index is 771. The molecule has 4 atom stereocenters. The van der Waals surface area contributed by atoms with Crippen molar-refractivity contribution < 1.29 is 44.1 Å². The molecule has 0 aromatic carbocycles. The number of nitrogens with one attached hydrogen (secondary N) is 2. The van der Waals surface area contributed by atoms with Gasteiger partial charge in [-0.05, 0) is 31.6 Å². The van der Waals surface area contributed by atoms with Gasteiger partial charge in [-0.25, -0.2) is 4.79 Å². The summed E-state index contributed by atoms with van der Waals surface area (Å²) in [7, 11) is 0. The molecule has 4 unspecified atom stereocenters. The number of carbonyl (C=O) groups excluding carboxylic acids is 3. The number of likely N-dealkylation sites (tertiary alicyclic amines) is 1. The van der Waals surface area contributed by atoms with Crippen LogP contribution < -0.4 is 16.4 Å². The normalized spacial score (nSPS) is 18.3. The van der Waals surface area contributed by atoms with Gasteiger partial charge in [0.1, 0.15) is 18.1 Å². The van der Waals surface area contributed by atoms with Crippen LogP contribution in [0.5, 0.6) is 0 Å². The Morgan fingerprint density at radius 3 is 2.15 bits per heavy atom. The molecule has 3 amide bonds. The highest BCUT2D eigenvalue weighted by molar-refractivity contribution is 5.95. The Morgan fingerprint density at radius 1 is 1.00 bits per heavy atom. The molecule has 13 nitrogen and oxygen atoms in total. The van der Waals surface area contributed by atoms with Gasteiger partial charge < -0.3 is 36.6 Å². The number of hydrogen-bond donors (Lipinski definition) is 6. The fraction of sp³-hybridized carbons (Fsp3) is 0.700. The summed E-state index contributed by atoms with van der Waals surface area (Å²) in [5.41, 5.74) is 5.73. The summed E-state index contributed by atoms with van der Waals surface area (Å²) in [5.74, 6) is -6.07. The molecule has 33 heavy (non-hydrogen) atoms. The van der Waals surface area contributed by atoms with Gasteiger partial charge in [0.05, 0.1) is 12.5 Å². The summed E-state index contributed by atoms with van der Waals surface area (Å²) in [5, 5.41) is 31.4. The van der Waals surface area contributed by atoms with Gasteiger partial charge in [0.15, 0.2) is 0 Å². The van der Waals surface area contributed by atoms with E-state index in [-0.39, 0.29) is 38.1 Å². The highest BCUT2D eigenvalue weighted by Crippen LogP contribution is 2.21. The van der Waals surface area contributed by atoms with Gasteiger partial charge in [-0.1, -0.05) is 13.8 Å². The average Bonchev–Trinajstić information content (AvgIpc) is 3.19. The van der Waals surface area contributed by atoms with Crippen molar-refractivity contribution in [3.63, 3.8) is 0 Å². The lowest BCUT2D eigenvalue weighted by atomic mass is 10.0. The van der Waals surface area contributed by atoms with Crippen molar-refractivity contribution in [2.45, 2.75) is 76.5 Å². The van der Waals surface area contributed by atoms with Gasteiger partial charge in [0, 0.05) is 13.0 Å². The Morgan fingerprint density at radius 2 is 1.64 bits per heavy atom. The standard InChI is InChI=1S/C20H32N4O9/c1-10(2)8-12(22-17(29)11(21)5-6-15(25)26)19(31)24-7-3-4-14(24)18(30)23-13(20(32)33)9-16(27)28/h10-14H,3-9,21H2,1-2H3,(H,22,29)(H,23,30)(H,25,26)(H,27,28)(H,32,33). The maximum absolute atomic E-state index is 13.2. The third-order valence-corrected chi connectivity index (χ3v) is 5.16. The third kappa shape index (κ3) is 9.04. The van der Waals surface area contributed by atoms with Gasteiger partial charge in [0.2, 0.25) is 17.7 Å². The van der Waals surface area contributed by atoms with E-state index in [2.05, 4.69) is 10.6 Å². The van der Waals surface area contributed by atoms with Crippen molar-refractivity contribution in [2.75, 3.05) is 6.54 Å². The van der Waals surface area contributed by atoms with E-state index in [9.17, 15) is 28.8 Å². The summed E-state index contributed by atoms with van der Waals surface area (Å²) >= 11 is 0. The van der Waals surface area contributed by atoms with Gasteiger partial charge in [0.25, 0.3) is 0 Å². The number of carboxylic acids is 3. The first-order valence-electron chi connectivity index (χ1n) is 10.7. The second-order valence-corrected chi connectivity index (χ2v) is 8.42. The quantitative estimate of drug-likeness (QED) is 0.187. The zero-order valence-electron chi connectivity index (χ0n) is 18.7. The first-order chi connectivity index (χ1) is 15.3. The lowest BCUT2D eigenvalue weighted by molar-refractivity contribution is -0.148. The van der Waals surface area contributed by atoms with Crippen LogP contribution in [-0.2, 0) is 28.8 Å². The molecule has 13 heteroatoms. The fourth-order valence-corrected chi connectivity index (χ4v) is 3.53. The highest BCUT2D eigenvalue weighted by atomic mass is 16.4. The van der Waals surface area contributed by atoms with Crippen LogP contribution in [-0.4, -0.2) is 86.6 Å². The number of nitrogens with zero attached hydrogens (tertiary/aromatic N) is 1. The average molecular weight is 472 g/mol. The number of carboxylic acid groups (broad SMARTS) is 3. The van der Waals surface area contributed by atoms with Gasteiger partial charge in [-0.3, -0.25) is 24.0 Å². The summed E-state index contributed by atoms with van der Waals surface area (Å²) in [6, 6.07) is -4.81. The highest BCUT2D eigenvalue weighted by Gasteiger charge is 2.39. The summed E-state index contributed by atoms with van der Waals surface area (Å²) < 4.78 is 0. The molecule has 0 spiro atoms. The van der Waals surface area contributed by atoms with Crippen LogP contribution in [0.3, 0.4) is 0 Å². The van der Waals surface area contributed by atoms with Crippen LogP contribution in [0.15, 0.2) is 0 Å². The molecule has 186 valence electrons. The third-order valence-electron chi connectivity index (χ3n) is 5.16. The number of hydrogen-bond acceptors (Lipinski definition) is 7. The van der Waals surface area contributed by atoms with Crippen molar-refractivity contribution in [3.8, 4) is 0 Å². The molecular formula is C20H32N4O9. The minimum atomic E-state index is -1.65. The van der Waals surface area contributed by atoms with E-state index < -0.39 is 66.2 Å². The van der Waals surface area contributed by atoms with E-state index in [0.717, 1.165) is 0 Å². The smallest absolute Gasteiger partial charge is 0.326 e. The zero-order chi connectivity index (χ0) is 25.3. The summed E-state index contributed by atoms with van der Waals surface area (Å²) in [6.45, 7) is 3.85. The predicted molar refractivity (Wildman–Crippen MR) is 113 cm³/mol. The van der Waals surface area contributed by atoms with Crippen LogP contribution in [0.1, 0.15) is 52.4 Å². The van der Waals surface area contributed by atoms with Crippen molar-refractivity contribution in [2.24, 2.45) is 11.7 Å². The molecule has 7 N–H and O–H groups in total. The second kappa shape index (κ2) is 12.7. The van der Waals surface area contributed by atoms with E-state index in [1.807, 2.05) is 13.8 Å². The Labute approximate surface area is 190 Å². The van der Waals surface area contributed by atoms with Crippen LogP contribution in [0, 0.1) is 5.92 Å². The molecule has 1 saturated heterocycles. The van der Waals surface area contributed by atoms with E-state index in [0.29, 0.717) is 6.42 Å². The zero-order valence-corrected chi connectivity index (χ0v) is 18.7. The maximum Gasteiger partial charge on any atom is 0.326 e. The molecule has 0 aliphatic carbocycles. The fourth-order valence-electron chi connectivity index (χ4n) is 3.53. The van der Waals surface area contributed by atoms with Crippen molar-refractivity contribution in [3.05, 3.63) is 0 Å². The van der Waals surface area contributed by atoms with Crippen molar-refractivity contribution in [1.29, 1.82) is 0 Å². The number of aliphatic carboxylic acids is 3. The molecule has 0 aromatic rings. The number of nitrogens with two attached hydrogens (primary N) is 1. The SMILES string of the molecule is CC(C)CC(NC(=O)C(N)CCC(=O)O)C(=O)N1CCCC1C(=O)NC(CC(=O)O)C(=O)O. The van der Waals surface area contributed by atoms with E-state index in [4.69, 9.17) is 21.1 Å². The molecule has 0 bridgehead atoms. The molecule has 1 aliphatic rings. The van der Waals surface area contributed by atoms with Gasteiger partial charge in [-0.2, -0.15) is 0 Å². The van der Waals surface area contributed by atoms with Gasteiger partial charge in [-0.15, -0.1) is 0 Å². The lowest BCUT2D eigenvalue weighted by Crippen LogP contribution is -2.57. The van der Waals surface area contributed by atoms with E-state index in [1.54, 1.807) is 0 Å². The summed E-state index contributed by atoms with van der Waals surface area (Å²) in [6.07, 6.45) is -0.302. The Kier molecular flexibility index (Phi) is 10.7. The van der Waals surface area contributed by atoms with Gasteiger partial charge >= 0.3 is 17.9 Å². The Hall–Kier alpha value is -3.22. The predicted octanol–water partition coefficient (Wildman–Crippen LogP) is -1.26. The molecule has 1 rings (SSSR count). The number of carbonyl (C=O) groups is 6. The second-order valence-electron chi connectivity index (χ2n) is 8.42. The number of amides is 3. The molecule has 0 saturated carbocycles. The van der Waals surface area contributed by atoms with Crippen LogP contribution in [0.2, 0.25) is 0 Å². The molecule has 0 aromatic heterocycles.